The molecule has 0 spiro atoms. The van der Waals surface area contributed by atoms with Gasteiger partial charge < -0.3 is 15.3 Å². The number of aliphatic hydroxyl groups is 1. The number of carbonyl (C=O) groups is 1. The van der Waals surface area contributed by atoms with E-state index >= 15 is 0 Å². The highest BCUT2D eigenvalue weighted by atomic mass is 79.9. The van der Waals surface area contributed by atoms with E-state index < -0.39 is 0 Å². The molecule has 0 aliphatic carbocycles. The minimum absolute atomic E-state index is 0.0499. The van der Waals surface area contributed by atoms with Crippen LogP contribution in [0, 0.1) is 5.92 Å². The summed E-state index contributed by atoms with van der Waals surface area (Å²) >= 11 is 3.38. The summed E-state index contributed by atoms with van der Waals surface area (Å²) < 4.78 is 1.03. The van der Waals surface area contributed by atoms with Gasteiger partial charge in [0.2, 0.25) is 0 Å². The van der Waals surface area contributed by atoms with Gasteiger partial charge >= 0.3 is 6.03 Å². The van der Waals surface area contributed by atoms with Crippen LogP contribution >= 0.6 is 15.9 Å². The number of aliphatic hydroxyl groups excluding tert-OH is 1. The van der Waals surface area contributed by atoms with E-state index in [9.17, 15) is 9.90 Å². The smallest absolute Gasteiger partial charge is 0.317 e. The van der Waals surface area contributed by atoms with Crippen molar-refractivity contribution in [3.05, 3.63) is 34.3 Å². The van der Waals surface area contributed by atoms with E-state index in [1.165, 1.54) is 0 Å². The van der Waals surface area contributed by atoms with Crippen molar-refractivity contribution in [1.29, 1.82) is 0 Å². The Hall–Kier alpha value is -1.07. The third-order valence-corrected chi connectivity index (χ3v) is 4.08. The Bertz CT molecular complexity index is 434. The highest BCUT2D eigenvalue weighted by Crippen LogP contribution is 2.19. The molecule has 2 rings (SSSR count). The Morgan fingerprint density at radius 3 is 2.79 bits per heavy atom. The molecule has 0 bridgehead atoms. The molecule has 1 aromatic carbocycles. The zero-order chi connectivity index (χ0) is 13.8. The van der Waals surface area contributed by atoms with E-state index in [1.807, 2.05) is 24.3 Å². The van der Waals surface area contributed by atoms with Gasteiger partial charge in [0.1, 0.15) is 0 Å². The predicted molar refractivity (Wildman–Crippen MR) is 77.7 cm³/mol. The van der Waals surface area contributed by atoms with Gasteiger partial charge in [-0.15, -0.1) is 0 Å². The van der Waals surface area contributed by atoms with E-state index in [0.717, 1.165) is 23.0 Å². The van der Waals surface area contributed by atoms with Gasteiger partial charge in [-0.1, -0.05) is 28.1 Å². The number of likely N-dealkylation sites (tertiary alicyclic amines) is 1. The summed E-state index contributed by atoms with van der Waals surface area (Å²) in [6.45, 7) is 3.68. The number of halogens is 1. The third kappa shape index (κ3) is 3.94. The van der Waals surface area contributed by atoms with Gasteiger partial charge in [0, 0.05) is 30.0 Å². The van der Waals surface area contributed by atoms with Crippen LogP contribution in [0.3, 0.4) is 0 Å². The number of carbonyl (C=O) groups excluding carboxylic acids is 1. The Balaban J connectivity index is 1.80. The highest BCUT2D eigenvalue weighted by Gasteiger charge is 2.28. The number of hydrogen-bond donors (Lipinski definition) is 2. The molecule has 1 aromatic rings. The van der Waals surface area contributed by atoms with Gasteiger partial charge in [0.05, 0.1) is 6.10 Å². The molecule has 0 saturated carbocycles. The lowest BCUT2D eigenvalue weighted by molar-refractivity contribution is 0.129. The van der Waals surface area contributed by atoms with Crippen molar-refractivity contribution >= 4 is 22.0 Å². The van der Waals surface area contributed by atoms with Gasteiger partial charge in [-0.25, -0.2) is 4.79 Å². The van der Waals surface area contributed by atoms with Crippen LogP contribution in [0.1, 0.15) is 18.9 Å². The maximum atomic E-state index is 12.0. The van der Waals surface area contributed by atoms with Crippen molar-refractivity contribution < 1.29 is 9.90 Å². The van der Waals surface area contributed by atoms with Gasteiger partial charge in [0.15, 0.2) is 0 Å². The van der Waals surface area contributed by atoms with Crippen molar-refractivity contribution in [1.82, 2.24) is 10.2 Å². The van der Waals surface area contributed by atoms with Crippen LogP contribution in [0.15, 0.2) is 28.7 Å². The fraction of sp³-hybridized carbons (Fsp3) is 0.500. The van der Waals surface area contributed by atoms with E-state index in [1.54, 1.807) is 11.8 Å². The third-order valence-electron chi connectivity index (χ3n) is 3.55. The molecule has 2 amide bonds. The fourth-order valence-electron chi connectivity index (χ4n) is 2.26. The molecule has 0 unspecified atom stereocenters. The first-order valence-corrected chi connectivity index (χ1v) is 7.31. The monoisotopic (exact) mass is 326 g/mol. The summed E-state index contributed by atoms with van der Waals surface area (Å²) in [6, 6.07) is 7.83. The maximum Gasteiger partial charge on any atom is 0.317 e. The number of hydrogen-bond acceptors (Lipinski definition) is 2. The molecule has 1 aliphatic heterocycles. The van der Waals surface area contributed by atoms with Gasteiger partial charge in [-0.05, 0) is 31.0 Å². The van der Waals surface area contributed by atoms with Crippen LogP contribution in [-0.4, -0.2) is 35.2 Å². The first-order chi connectivity index (χ1) is 9.06. The van der Waals surface area contributed by atoms with E-state index in [0.29, 0.717) is 13.1 Å². The standard InChI is InChI=1S/C14H19BrN2O2/c1-10(18)12-6-7-17(9-12)14(19)16-8-11-2-4-13(15)5-3-11/h2-5,10,12,18H,6-9H2,1H3,(H,16,19)/t10-,12-/m1/s1. The van der Waals surface area contributed by atoms with Crippen molar-refractivity contribution in [3.63, 3.8) is 0 Å². The lowest BCUT2D eigenvalue weighted by Gasteiger charge is -2.18. The Labute approximate surface area is 121 Å². The van der Waals surface area contributed by atoms with Gasteiger partial charge in [-0.2, -0.15) is 0 Å². The van der Waals surface area contributed by atoms with Gasteiger partial charge in [0.25, 0.3) is 0 Å². The largest absolute Gasteiger partial charge is 0.393 e. The SMILES string of the molecule is C[C@@H](O)[C@@H]1CCN(C(=O)NCc2ccc(Br)cc2)C1. The zero-order valence-electron chi connectivity index (χ0n) is 11.0. The Kier molecular flexibility index (Phi) is 4.82. The summed E-state index contributed by atoms with van der Waals surface area (Å²) in [4.78, 5) is 13.8. The number of benzene rings is 1. The van der Waals surface area contributed by atoms with Crippen molar-refractivity contribution in [3.8, 4) is 0 Å². The second kappa shape index (κ2) is 6.39. The average Bonchev–Trinajstić information content (AvgIpc) is 2.87. The first-order valence-electron chi connectivity index (χ1n) is 6.51. The molecule has 1 heterocycles. The molecule has 4 nitrogen and oxygen atoms in total. The average molecular weight is 327 g/mol. The van der Waals surface area contributed by atoms with Crippen molar-refractivity contribution in [2.24, 2.45) is 5.92 Å². The molecule has 1 saturated heterocycles. The molecule has 1 aliphatic rings. The Morgan fingerprint density at radius 1 is 1.53 bits per heavy atom. The molecule has 19 heavy (non-hydrogen) atoms. The van der Waals surface area contributed by atoms with Crippen LogP contribution in [-0.2, 0) is 6.54 Å². The van der Waals surface area contributed by atoms with Crippen LogP contribution in [0.5, 0.6) is 0 Å². The predicted octanol–water partition coefficient (Wildman–Crippen LogP) is 2.36. The fourth-order valence-corrected chi connectivity index (χ4v) is 2.52. The molecular formula is C14H19BrN2O2. The van der Waals surface area contributed by atoms with E-state index in [4.69, 9.17) is 0 Å². The van der Waals surface area contributed by atoms with E-state index in [-0.39, 0.29) is 18.1 Å². The van der Waals surface area contributed by atoms with Gasteiger partial charge in [-0.3, -0.25) is 0 Å². The second-order valence-corrected chi connectivity index (χ2v) is 5.94. The normalized spacial score (nSPS) is 20.4. The molecule has 2 atom stereocenters. The molecular weight excluding hydrogens is 308 g/mol. The maximum absolute atomic E-state index is 12.0. The summed E-state index contributed by atoms with van der Waals surface area (Å²) in [5.74, 6) is 0.207. The van der Waals surface area contributed by atoms with E-state index in [2.05, 4.69) is 21.2 Å². The summed E-state index contributed by atoms with van der Waals surface area (Å²) in [5, 5.41) is 12.4. The molecule has 0 radical (unpaired) electrons. The Morgan fingerprint density at radius 2 is 2.21 bits per heavy atom. The van der Waals surface area contributed by atoms with Crippen molar-refractivity contribution in [2.45, 2.75) is 26.0 Å². The summed E-state index contributed by atoms with van der Waals surface area (Å²) in [5.41, 5.74) is 1.07. The van der Waals surface area contributed by atoms with Crippen LogP contribution in [0.25, 0.3) is 0 Å². The number of nitrogens with one attached hydrogen (secondary N) is 1. The quantitative estimate of drug-likeness (QED) is 0.895. The number of rotatable bonds is 3. The molecule has 2 N–H and O–H groups in total. The number of amides is 2. The molecule has 0 aromatic heterocycles. The lowest BCUT2D eigenvalue weighted by atomic mass is 10.0. The lowest BCUT2D eigenvalue weighted by Crippen LogP contribution is -2.38. The summed E-state index contributed by atoms with van der Waals surface area (Å²) in [6.07, 6.45) is 0.535. The summed E-state index contributed by atoms with van der Waals surface area (Å²) in [7, 11) is 0. The van der Waals surface area contributed by atoms with Crippen molar-refractivity contribution in [2.75, 3.05) is 13.1 Å². The van der Waals surface area contributed by atoms with Crippen LogP contribution in [0.2, 0.25) is 0 Å². The highest BCUT2D eigenvalue weighted by molar-refractivity contribution is 9.10. The topological polar surface area (TPSA) is 52.6 Å². The zero-order valence-corrected chi connectivity index (χ0v) is 12.6. The first kappa shape index (κ1) is 14.3. The molecule has 5 heteroatoms. The molecule has 104 valence electrons. The minimum Gasteiger partial charge on any atom is -0.393 e. The number of nitrogens with zero attached hydrogens (tertiary/aromatic N) is 1. The second-order valence-electron chi connectivity index (χ2n) is 5.02. The minimum atomic E-state index is -0.343. The van der Waals surface area contributed by atoms with Crippen LogP contribution in [0.4, 0.5) is 4.79 Å². The molecule has 1 fully saturated rings. The number of urea groups is 1. The van der Waals surface area contributed by atoms with Crippen LogP contribution < -0.4 is 5.32 Å².